The molecular weight excluding hydrogens is 258 g/mol. The van der Waals surface area contributed by atoms with Crippen molar-refractivity contribution in [3.8, 4) is 6.07 Å². The van der Waals surface area contributed by atoms with E-state index in [2.05, 4.69) is 10.1 Å². The summed E-state index contributed by atoms with van der Waals surface area (Å²) < 4.78 is 4.46. The molecule has 6 heteroatoms. The van der Waals surface area contributed by atoms with Crippen molar-refractivity contribution in [3.05, 3.63) is 36.0 Å². The van der Waals surface area contributed by atoms with Crippen molar-refractivity contribution >= 4 is 23.3 Å². The zero-order valence-electron chi connectivity index (χ0n) is 11.5. The average Bonchev–Trinajstić information content (AvgIpc) is 2.46. The van der Waals surface area contributed by atoms with E-state index < -0.39 is 5.97 Å². The molecule has 0 fully saturated rings. The lowest BCUT2D eigenvalue weighted by atomic mass is 10.2. The molecule has 6 nitrogen and oxygen atoms in total. The Balaban J connectivity index is 2.92. The second-order valence-electron chi connectivity index (χ2n) is 3.93. The van der Waals surface area contributed by atoms with Crippen molar-refractivity contribution < 1.29 is 14.3 Å². The average molecular weight is 273 g/mol. The molecule has 0 saturated carbocycles. The molecule has 1 N–H and O–H groups in total. The van der Waals surface area contributed by atoms with Gasteiger partial charge < -0.3 is 15.0 Å². The number of nitrogens with one attached hydrogen (secondary N) is 1. The molecule has 0 aliphatic heterocycles. The van der Waals surface area contributed by atoms with E-state index in [-0.39, 0.29) is 11.5 Å². The molecule has 0 heterocycles. The number of hydrogen-bond acceptors (Lipinski definition) is 5. The molecule has 0 bridgehead atoms. The van der Waals surface area contributed by atoms with E-state index in [1.165, 1.54) is 25.1 Å². The Morgan fingerprint density at radius 3 is 2.70 bits per heavy atom. The maximum absolute atomic E-state index is 11.3. The normalized spacial score (nSPS) is 10.4. The molecule has 20 heavy (non-hydrogen) atoms. The van der Waals surface area contributed by atoms with Crippen LogP contribution in [0.4, 0.5) is 11.4 Å². The maximum Gasteiger partial charge on any atom is 0.350 e. The predicted molar refractivity (Wildman–Crippen MR) is 74.9 cm³/mol. The van der Waals surface area contributed by atoms with Gasteiger partial charge in [-0.1, -0.05) is 6.07 Å². The van der Waals surface area contributed by atoms with Crippen LogP contribution in [0.3, 0.4) is 0 Å². The van der Waals surface area contributed by atoms with Gasteiger partial charge in [0.05, 0.1) is 7.11 Å². The second kappa shape index (κ2) is 6.95. The summed E-state index contributed by atoms with van der Waals surface area (Å²) in [4.78, 5) is 24.0. The van der Waals surface area contributed by atoms with Gasteiger partial charge in [0.1, 0.15) is 6.07 Å². The van der Waals surface area contributed by atoms with Crippen molar-refractivity contribution in [1.29, 1.82) is 5.26 Å². The zero-order valence-corrected chi connectivity index (χ0v) is 11.5. The summed E-state index contributed by atoms with van der Waals surface area (Å²) >= 11 is 0. The number of hydrogen-bond donors (Lipinski definition) is 1. The molecule has 0 aromatic heterocycles. The zero-order chi connectivity index (χ0) is 15.1. The van der Waals surface area contributed by atoms with Crippen LogP contribution < -0.4 is 10.2 Å². The molecule has 1 rings (SSSR count). The molecular formula is C14H15N3O3. The summed E-state index contributed by atoms with van der Waals surface area (Å²) in [5.74, 6) is -0.804. The molecule has 1 aromatic carbocycles. The molecule has 0 aliphatic rings. The topological polar surface area (TPSA) is 82.4 Å². The Hall–Kier alpha value is -2.81. The van der Waals surface area contributed by atoms with Gasteiger partial charge in [0.15, 0.2) is 5.57 Å². The lowest BCUT2D eigenvalue weighted by Gasteiger charge is -2.15. The number of benzene rings is 1. The van der Waals surface area contributed by atoms with Gasteiger partial charge in [-0.3, -0.25) is 4.79 Å². The molecule has 0 unspecified atom stereocenters. The summed E-state index contributed by atoms with van der Waals surface area (Å²) in [6.45, 7) is 1.46. The minimum absolute atomic E-state index is 0.0926. The Bertz CT molecular complexity index is 588. The first-order chi connectivity index (χ1) is 9.49. The largest absolute Gasteiger partial charge is 0.465 e. The quantitative estimate of drug-likeness (QED) is 0.512. The van der Waals surface area contributed by atoms with Gasteiger partial charge in [0.2, 0.25) is 5.91 Å². The van der Waals surface area contributed by atoms with Crippen molar-refractivity contribution in [3.63, 3.8) is 0 Å². The van der Waals surface area contributed by atoms with Crippen LogP contribution in [0.1, 0.15) is 6.92 Å². The Labute approximate surface area is 117 Å². The van der Waals surface area contributed by atoms with Crippen molar-refractivity contribution in [2.45, 2.75) is 6.92 Å². The van der Waals surface area contributed by atoms with Crippen molar-refractivity contribution in [1.82, 2.24) is 0 Å². The maximum atomic E-state index is 11.3. The lowest BCUT2D eigenvalue weighted by Crippen LogP contribution is -2.22. The van der Waals surface area contributed by atoms with Crippen molar-refractivity contribution in [2.75, 3.05) is 24.4 Å². The van der Waals surface area contributed by atoms with E-state index in [4.69, 9.17) is 5.26 Å². The first-order valence-corrected chi connectivity index (χ1v) is 5.79. The van der Waals surface area contributed by atoms with Crippen LogP contribution >= 0.6 is 0 Å². The number of carbonyl (C=O) groups excluding carboxylic acids is 2. The van der Waals surface area contributed by atoms with E-state index in [9.17, 15) is 9.59 Å². The third kappa shape index (κ3) is 3.85. The fourth-order valence-corrected chi connectivity index (χ4v) is 1.39. The highest BCUT2D eigenvalue weighted by atomic mass is 16.5. The third-order valence-electron chi connectivity index (χ3n) is 2.61. The standard InChI is InChI=1S/C14H15N3O3/c1-10(18)17(2)13-6-4-5-12(7-13)16-9-11(8-15)14(19)20-3/h4-7,9,16H,1-3H3/b11-9-. The number of nitriles is 1. The van der Waals surface area contributed by atoms with E-state index in [0.29, 0.717) is 11.4 Å². The van der Waals surface area contributed by atoms with Crippen LogP contribution in [-0.2, 0) is 14.3 Å². The van der Waals surface area contributed by atoms with E-state index in [0.717, 1.165) is 0 Å². The van der Waals surface area contributed by atoms with Gasteiger partial charge in [-0.2, -0.15) is 5.26 Å². The minimum Gasteiger partial charge on any atom is -0.465 e. The van der Waals surface area contributed by atoms with Crippen LogP contribution in [-0.4, -0.2) is 26.0 Å². The summed E-state index contributed by atoms with van der Waals surface area (Å²) in [7, 11) is 2.86. The fourth-order valence-electron chi connectivity index (χ4n) is 1.39. The first-order valence-electron chi connectivity index (χ1n) is 5.79. The van der Waals surface area contributed by atoms with Gasteiger partial charge in [0, 0.05) is 31.5 Å². The Morgan fingerprint density at radius 2 is 2.15 bits per heavy atom. The second-order valence-corrected chi connectivity index (χ2v) is 3.93. The number of rotatable bonds is 4. The van der Waals surface area contributed by atoms with E-state index >= 15 is 0 Å². The van der Waals surface area contributed by atoms with Crippen LogP contribution in [0.25, 0.3) is 0 Å². The van der Waals surface area contributed by atoms with Gasteiger partial charge >= 0.3 is 5.97 Å². The van der Waals surface area contributed by atoms with Crippen LogP contribution in [0, 0.1) is 11.3 Å². The molecule has 0 spiro atoms. The Morgan fingerprint density at radius 1 is 1.45 bits per heavy atom. The first kappa shape index (κ1) is 15.2. The predicted octanol–water partition coefficient (Wildman–Crippen LogP) is 1.66. The Kier molecular flexibility index (Phi) is 5.30. The number of carbonyl (C=O) groups is 2. The molecule has 0 atom stereocenters. The summed E-state index contributed by atoms with van der Waals surface area (Å²) in [5.41, 5.74) is 1.21. The van der Waals surface area contributed by atoms with E-state index in [1.54, 1.807) is 37.4 Å². The smallest absolute Gasteiger partial charge is 0.350 e. The van der Waals surface area contributed by atoms with E-state index in [1.807, 2.05) is 0 Å². The molecule has 0 radical (unpaired) electrons. The number of nitrogens with zero attached hydrogens (tertiary/aromatic N) is 2. The SMILES string of the molecule is COC(=O)/C(C#N)=C\Nc1cccc(N(C)C(C)=O)c1. The monoisotopic (exact) mass is 273 g/mol. The number of methoxy groups -OCH3 is 1. The highest BCUT2D eigenvalue weighted by molar-refractivity contribution is 5.93. The summed E-state index contributed by atoms with van der Waals surface area (Å²) in [6, 6.07) is 8.75. The van der Waals surface area contributed by atoms with Crippen molar-refractivity contribution in [2.24, 2.45) is 0 Å². The third-order valence-corrected chi connectivity index (χ3v) is 2.61. The lowest BCUT2D eigenvalue weighted by molar-refractivity contribution is -0.135. The summed E-state index contributed by atoms with van der Waals surface area (Å²) in [6.07, 6.45) is 1.26. The van der Waals surface area contributed by atoms with Crippen LogP contribution in [0.5, 0.6) is 0 Å². The fraction of sp³-hybridized carbons (Fsp3) is 0.214. The molecule has 1 amide bonds. The van der Waals surface area contributed by atoms with Gasteiger partial charge in [-0.05, 0) is 18.2 Å². The molecule has 104 valence electrons. The summed E-state index contributed by atoms with van der Waals surface area (Å²) in [5, 5.41) is 11.6. The van der Waals surface area contributed by atoms with Crippen LogP contribution in [0.2, 0.25) is 0 Å². The number of ether oxygens (including phenoxy) is 1. The molecule has 0 aliphatic carbocycles. The number of amides is 1. The van der Waals surface area contributed by atoms with Gasteiger partial charge in [-0.25, -0.2) is 4.79 Å². The molecule has 0 saturated heterocycles. The van der Waals surface area contributed by atoms with Gasteiger partial charge in [-0.15, -0.1) is 0 Å². The number of esters is 1. The highest BCUT2D eigenvalue weighted by Crippen LogP contribution is 2.18. The van der Waals surface area contributed by atoms with Crippen LogP contribution in [0.15, 0.2) is 36.0 Å². The molecule has 1 aromatic rings. The number of anilines is 2. The highest BCUT2D eigenvalue weighted by Gasteiger charge is 2.08. The van der Waals surface area contributed by atoms with Gasteiger partial charge in [0.25, 0.3) is 0 Å². The minimum atomic E-state index is -0.711.